The number of aromatic nitrogens is 2. The first-order valence-corrected chi connectivity index (χ1v) is 9.47. The van der Waals surface area contributed by atoms with E-state index < -0.39 is 0 Å². The Bertz CT molecular complexity index is 877. The molecule has 0 aliphatic heterocycles. The number of benzene rings is 2. The molecular formula is C20H22N4OS. The lowest BCUT2D eigenvalue weighted by atomic mass is 10.2. The van der Waals surface area contributed by atoms with Gasteiger partial charge in [0.1, 0.15) is 0 Å². The van der Waals surface area contributed by atoms with Gasteiger partial charge in [-0.05, 0) is 44.2 Å². The van der Waals surface area contributed by atoms with Crippen LogP contribution in [0.25, 0.3) is 5.69 Å². The highest BCUT2D eigenvalue weighted by Crippen LogP contribution is 2.21. The summed E-state index contributed by atoms with van der Waals surface area (Å²) >= 11 is 1.72. The number of urea groups is 1. The van der Waals surface area contributed by atoms with Crippen molar-refractivity contribution in [2.75, 3.05) is 17.6 Å². The third kappa shape index (κ3) is 4.67. The molecule has 134 valence electrons. The lowest BCUT2D eigenvalue weighted by molar-refractivity contribution is 0.252. The molecule has 0 unspecified atom stereocenters. The van der Waals surface area contributed by atoms with Gasteiger partial charge in [0.15, 0.2) is 0 Å². The van der Waals surface area contributed by atoms with Crippen LogP contribution in [0.15, 0.2) is 65.6 Å². The molecule has 0 radical (unpaired) electrons. The molecule has 2 aromatic carbocycles. The van der Waals surface area contributed by atoms with Gasteiger partial charge in [0.05, 0.1) is 17.1 Å². The number of nitrogens with one attached hydrogen (secondary N) is 2. The molecule has 2 amide bonds. The van der Waals surface area contributed by atoms with Gasteiger partial charge in [-0.2, -0.15) is 5.10 Å². The monoisotopic (exact) mass is 366 g/mol. The van der Waals surface area contributed by atoms with E-state index in [0.717, 1.165) is 28.5 Å². The van der Waals surface area contributed by atoms with Gasteiger partial charge < -0.3 is 10.6 Å². The first-order chi connectivity index (χ1) is 12.6. The van der Waals surface area contributed by atoms with Crippen LogP contribution in [0, 0.1) is 13.8 Å². The molecular weight excluding hydrogens is 344 g/mol. The molecule has 0 spiro atoms. The van der Waals surface area contributed by atoms with Crippen molar-refractivity contribution in [2.45, 2.75) is 18.7 Å². The summed E-state index contributed by atoms with van der Waals surface area (Å²) in [6.07, 6.45) is 0. The van der Waals surface area contributed by atoms with Gasteiger partial charge >= 0.3 is 6.03 Å². The zero-order valence-electron chi connectivity index (χ0n) is 14.9. The second-order valence-corrected chi connectivity index (χ2v) is 7.07. The van der Waals surface area contributed by atoms with E-state index in [0.29, 0.717) is 6.54 Å². The fourth-order valence-electron chi connectivity index (χ4n) is 2.65. The number of hydrogen-bond acceptors (Lipinski definition) is 3. The van der Waals surface area contributed by atoms with E-state index in [1.807, 2.05) is 67.1 Å². The smallest absolute Gasteiger partial charge is 0.319 e. The maximum absolute atomic E-state index is 12.2. The Labute approximate surface area is 157 Å². The molecule has 26 heavy (non-hydrogen) atoms. The summed E-state index contributed by atoms with van der Waals surface area (Å²) in [5.41, 5.74) is 3.55. The minimum Gasteiger partial charge on any atom is -0.337 e. The number of para-hydroxylation sites is 2. The second-order valence-electron chi connectivity index (χ2n) is 5.90. The van der Waals surface area contributed by atoms with Crippen molar-refractivity contribution in [3.05, 3.63) is 72.1 Å². The Morgan fingerprint density at radius 2 is 1.81 bits per heavy atom. The quantitative estimate of drug-likeness (QED) is 0.502. The minimum atomic E-state index is -0.215. The van der Waals surface area contributed by atoms with Crippen LogP contribution in [0.3, 0.4) is 0 Å². The number of thioether (sulfide) groups is 1. The first kappa shape index (κ1) is 18.1. The predicted octanol–water partition coefficient (Wildman–Crippen LogP) is 4.40. The van der Waals surface area contributed by atoms with Crippen LogP contribution in [0.2, 0.25) is 0 Å². The van der Waals surface area contributed by atoms with E-state index in [1.54, 1.807) is 11.8 Å². The second kappa shape index (κ2) is 8.58. The van der Waals surface area contributed by atoms with Gasteiger partial charge in [-0.3, -0.25) is 0 Å². The van der Waals surface area contributed by atoms with Crippen LogP contribution in [0.4, 0.5) is 10.5 Å². The van der Waals surface area contributed by atoms with Gasteiger partial charge in [-0.25, -0.2) is 9.48 Å². The number of rotatable bonds is 6. The first-order valence-electron chi connectivity index (χ1n) is 8.49. The van der Waals surface area contributed by atoms with Gasteiger partial charge in [0, 0.05) is 22.9 Å². The summed E-state index contributed by atoms with van der Waals surface area (Å²) in [5, 5.41) is 10.3. The van der Waals surface area contributed by atoms with E-state index in [-0.39, 0.29) is 6.03 Å². The van der Waals surface area contributed by atoms with E-state index in [4.69, 9.17) is 0 Å². The number of carbonyl (C=O) groups excluding carboxylic acids is 1. The number of aryl methyl sites for hydroxylation is 2. The molecule has 1 heterocycles. The minimum absolute atomic E-state index is 0.215. The van der Waals surface area contributed by atoms with Crippen molar-refractivity contribution >= 4 is 23.5 Å². The van der Waals surface area contributed by atoms with Crippen LogP contribution in [-0.4, -0.2) is 28.1 Å². The van der Waals surface area contributed by atoms with Crippen LogP contribution < -0.4 is 10.6 Å². The zero-order chi connectivity index (χ0) is 18.4. The van der Waals surface area contributed by atoms with E-state index >= 15 is 0 Å². The molecule has 5 nitrogen and oxygen atoms in total. The predicted molar refractivity (Wildman–Crippen MR) is 107 cm³/mol. The van der Waals surface area contributed by atoms with Crippen molar-refractivity contribution in [2.24, 2.45) is 0 Å². The van der Waals surface area contributed by atoms with Crippen LogP contribution >= 0.6 is 11.8 Å². The maximum atomic E-state index is 12.2. The van der Waals surface area contributed by atoms with Crippen LogP contribution in [-0.2, 0) is 0 Å². The average molecular weight is 366 g/mol. The highest BCUT2D eigenvalue weighted by molar-refractivity contribution is 7.99. The Balaban J connectivity index is 1.57. The van der Waals surface area contributed by atoms with Crippen molar-refractivity contribution in [1.29, 1.82) is 0 Å². The van der Waals surface area contributed by atoms with Crippen LogP contribution in [0.1, 0.15) is 11.4 Å². The SMILES string of the molecule is Cc1cc(C)n(-c2ccccc2NC(=O)NCCSc2ccccc2)n1. The molecule has 0 aliphatic carbocycles. The average Bonchev–Trinajstić information content (AvgIpc) is 2.98. The fourth-order valence-corrected chi connectivity index (χ4v) is 3.44. The molecule has 0 saturated carbocycles. The topological polar surface area (TPSA) is 59.0 Å². The molecule has 0 fully saturated rings. The Hall–Kier alpha value is -2.73. The molecule has 1 aromatic heterocycles. The maximum Gasteiger partial charge on any atom is 0.319 e. The summed E-state index contributed by atoms with van der Waals surface area (Å²) in [6, 6.07) is 19.6. The highest BCUT2D eigenvalue weighted by atomic mass is 32.2. The third-order valence-electron chi connectivity index (χ3n) is 3.79. The number of nitrogens with zero attached hydrogens (tertiary/aromatic N) is 2. The summed E-state index contributed by atoms with van der Waals surface area (Å²) in [4.78, 5) is 13.4. The summed E-state index contributed by atoms with van der Waals surface area (Å²) < 4.78 is 1.84. The van der Waals surface area contributed by atoms with Crippen molar-refractivity contribution in [1.82, 2.24) is 15.1 Å². The van der Waals surface area contributed by atoms with Gasteiger partial charge in [0.25, 0.3) is 0 Å². The number of anilines is 1. The fraction of sp³-hybridized carbons (Fsp3) is 0.200. The highest BCUT2D eigenvalue weighted by Gasteiger charge is 2.10. The van der Waals surface area contributed by atoms with Gasteiger partial charge in [-0.1, -0.05) is 30.3 Å². The van der Waals surface area contributed by atoms with Gasteiger partial charge in [-0.15, -0.1) is 11.8 Å². The number of carbonyl (C=O) groups is 1. The molecule has 0 atom stereocenters. The number of amides is 2. The molecule has 3 rings (SSSR count). The molecule has 2 N–H and O–H groups in total. The molecule has 3 aromatic rings. The zero-order valence-corrected chi connectivity index (χ0v) is 15.7. The van der Waals surface area contributed by atoms with Crippen molar-refractivity contribution in [3.8, 4) is 5.69 Å². The van der Waals surface area contributed by atoms with E-state index in [9.17, 15) is 4.79 Å². The molecule has 0 bridgehead atoms. The van der Waals surface area contributed by atoms with Crippen molar-refractivity contribution in [3.63, 3.8) is 0 Å². The van der Waals surface area contributed by atoms with Gasteiger partial charge in [0.2, 0.25) is 0 Å². The Morgan fingerprint density at radius 1 is 1.08 bits per heavy atom. The summed E-state index contributed by atoms with van der Waals surface area (Å²) in [6.45, 7) is 4.54. The number of hydrogen-bond donors (Lipinski definition) is 2. The molecule has 0 saturated heterocycles. The lowest BCUT2D eigenvalue weighted by Crippen LogP contribution is -2.31. The normalized spacial score (nSPS) is 10.5. The lowest BCUT2D eigenvalue weighted by Gasteiger charge is -2.13. The van der Waals surface area contributed by atoms with E-state index in [2.05, 4.69) is 27.9 Å². The summed E-state index contributed by atoms with van der Waals surface area (Å²) in [7, 11) is 0. The van der Waals surface area contributed by atoms with Crippen LogP contribution in [0.5, 0.6) is 0 Å². The standard InChI is InChI=1S/C20H22N4OS/c1-15-14-16(2)24(23-15)19-11-7-6-10-18(19)22-20(25)21-12-13-26-17-8-4-3-5-9-17/h3-11,14H,12-13H2,1-2H3,(H2,21,22,25). The largest absolute Gasteiger partial charge is 0.337 e. The Kier molecular flexibility index (Phi) is 5.96. The molecule has 0 aliphatic rings. The summed E-state index contributed by atoms with van der Waals surface area (Å²) in [5.74, 6) is 0.816. The van der Waals surface area contributed by atoms with E-state index in [1.165, 1.54) is 4.90 Å². The Morgan fingerprint density at radius 3 is 2.54 bits per heavy atom. The molecule has 6 heteroatoms. The third-order valence-corrected chi connectivity index (χ3v) is 4.80. The van der Waals surface area contributed by atoms with Crippen molar-refractivity contribution < 1.29 is 4.79 Å².